The van der Waals surface area contributed by atoms with Crippen LogP contribution >= 0.6 is 23.2 Å². The van der Waals surface area contributed by atoms with Gasteiger partial charge >= 0.3 is 6.03 Å². The van der Waals surface area contributed by atoms with Crippen LogP contribution in [0.5, 0.6) is 0 Å². The third kappa shape index (κ3) is 5.27. The zero-order valence-electron chi connectivity index (χ0n) is 14.4. The van der Waals surface area contributed by atoms with Gasteiger partial charge in [0.15, 0.2) is 0 Å². The zero-order chi connectivity index (χ0) is 18.4. The summed E-state index contributed by atoms with van der Waals surface area (Å²) >= 11 is 12.0. The maximum atomic E-state index is 12.0. The highest BCUT2D eigenvalue weighted by Crippen LogP contribution is 2.25. The lowest BCUT2D eigenvalue weighted by Crippen LogP contribution is -2.48. The molecule has 0 saturated carbocycles. The van der Waals surface area contributed by atoms with E-state index in [-0.39, 0.29) is 6.03 Å². The van der Waals surface area contributed by atoms with E-state index in [0.29, 0.717) is 22.3 Å². The second kappa shape index (κ2) is 9.12. The monoisotopic (exact) mass is 392 g/mol. The van der Waals surface area contributed by atoms with Crippen molar-refractivity contribution in [2.45, 2.75) is 0 Å². The Morgan fingerprint density at radius 1 is 1.00 bits per heavy atom. The molecule has 0 aromatic heterocycles. The molecule has 1 aliphatic rings. The van der Waals surface area contributed by atoms with Crippen LogP contribution in [0.15, 0.2) is 48.5 Å². The first kappa shape index (κ1) is 18.8. The SMILES string of the molecule is O=C(NCCN1CCN(c2ccccc2)CC1)Nc1cc(Cl)ccc1Cl. The van der Waals surface area contributed by atoms with E-state index in [4.69, 9.17) is 23.2 Å². The molecule has 2 aromatic rings. The highest BCUT2D eigenvalue weighted by atomic mass is 35.5. The van der Waals surface area contributed by atoms with E-state index >= 15 is 0 Å². The molecule has 1 heterocycles. The number of piperazine rings is 1. The molecule has 1 fully saturated rings. The van der Waals surface area contributed by atoms with Crippen LogP contribution in [-0.2, 0) is 0 Å². The molecule has 0 spiro atoms. The molecule has 2 aromatic carbocycles. The minimum absolute atomic E-state index is 0.280. The molecule has 0 bridgehead atoms. The number of nitrogens with zero attached hydrogens (tertiary/aromatic N) is 2. The summed E-state index contributed by atoms with van der Waals surface area (Å²) in [7, 11) is 0. The van der Waals surface area contributed by atoms with Crippen molar-refractivity contribution in [2.75, 3.05) is 49.5 Å². The van der Waals surface area contributed by atoms with Crippen LogP contribution in [0.2, 0.25) is 10.0 Å². The maximum absolute atomic E-state index is 12.0. The van der Waals surface area contributed by atoms with Crippen LogP contribution in [-0.4, -0.2) is 50.2 Å². The number of hydrogen-bond acceptors (Lipinski definition) is 3. The van der Waals surface area contributed by atoms with Gasteiger partial charge in [-0.15, -0.1) is 0 Å². The fourth-order valence-electron chi connectivity index (χ4n) is 2.96. The summed E-state index contributed by atoms with van der Waals surface area (Å²) in [6.07, 6.45) is 0. The Hall–Kier alpha value is -1.95. The Kier molecular flexibility index (Phi) is 6.61. The van der Waals surface area contributed by atoms with E-state index in [1.54, 1.807) is 18.2 Å². The van der Waals surface area contributed by atoms with Crippen LogP contribution in [0, 0.1) is 0 Å². The lowest BCUT2D eigenvalue weighted by Gasteiger charge is -2.36. The minimum atomic E-state index is -0.280. The third-order valence-corrected chi connectivity index (χ3v) is 4.95. The molecule has 0 atom stereocenters. The first-order valence-electron chi connectivity index (χ1n) is 8.64. The number of halogens is 2. The Labute approximate surface area is 163 Å². The Morgan fingerprint density at radius 3 is 2.46 bits per heavy atom. The first-order valence-corrected chi connectivity index (χ1v) is 9.40. The molecule has 0 aliphatic carbocycles. The molecule has 7 heteroatoms. The van der Waals surface area contributed by atoms with Gasteiger partial charge in [0.05, 0.1) is 10.7 Å². The van der Waals surface area contributed by atoms with Crippen molar-refractivity contribution in [2.24, 2.45) is 0 Å². The van der Waals surface area contributed by atoms with Crippen molar-refractivity contribution >= 4 is 40.6 Å². The van der Waals surface area contributed by atoms with E-state index in [9.17, 15) is 4.79 Å². The number of amides is 2. The molecule has 0 unspecified atom stereocenters. The highest BCUT2D eigenvalue weighted by Gasteiger charge is 2.16. The summed E-state index contributed by atoms with van der Waals surface area (Å²) in [4.78, 5) is 16.7. The molecule has 26 heavy (non-hydrogen) atoms. The molecular formula is C19H22Cl2N4O. The Morgan fingerprint density at radius 2 is 1.73 bits per heavy atom. The topological polar surface area (TPSA) is 47.6 Å². The summed E-state index contributed by atoms with van der Waals surface area (Å²) in [6, 6.07) is 15.1. The van der Waals surface area contributed by atoms with E-state index in [2.05, 4.69) is 44.7 Å². The molecule has 0 radical (unpaired) electrons. The number of para-hydroxylation sites is 1. The van der Waals surface area contributed by atoms with Gasteiger partial charge in [-0.3, -0.25) is 4.90 Å². The first-order chi connectivity index (χ1) is 12.6. The van der Waals surface area contributed by atoms with Gasteiger partial charge in [0.1, 0.15) is 0 Å². The second-order valence-electron chi connectivity index (χ2n) is 6.17. The molecule has 138 valence electrons. The molecule has 5 nitrogen and oxygen atoms in total. The normalized spacial score (nSPS) is 14.9. The van der Waals surface area contributed by atoms with Gasteiger partial charge in [0, 0.05) is 50.0 Å². The van der Waals surface area contributed by atoms with E-state index in [1.807, 2.05) is 6.07 Å². The molecule has 2 N–H and O–H groups in total. The number of carbonyl (C=O) groups is 1. The second-order valence-corrected chi connectivity index (χ2v) is 7.01. The number of hydrogen-bond donors (Lipinski definition) is 2. The molecule has 3 rings (SSSR count). The summed E-state index contributed by atoms with van der Waals surface area (Å²) in [5, 5.41) is 6.57. The number of carbonyl (C=O) groups excluding carboxylic acids is 1. The summed E-state index contributed by atoms with van der Waals surface area (Å²) in [5.41, 5.74) is 1.77. The Bertz CT molecular complexity index is 734. The number of rotatable bonds is 5. The lowest BCUT2D eigenvalue weighted by molar-refractivity contribution is 0.240. The van der Waals surface area contributed by atoms with Gasteiger partial charge in [-0.2, -0.15) is 0 Å². The number of nitrogens with one attached hydrogen (secondary N) is 2. The lowest BCUT2D eigenvalue weighted by atomic mass is 10.2. The predicted octanol–water partition coefficient (Wildman–Crippen LogP) is 3.94. The van der Waals surface area contributed by atoms with E-state index in [1.165, 1.54) is 5.69 Å². The smallest absolute Gasteiger partial charge is 0.319 e. The summed E-state index contributed by atoms with van der Waals surface area (Å²) in [6.45, 7) is 5.36. The minimum Gasteiger partial charge on any atom is -0.369 e. The van der Waals surface area contributed by atoms with Crippen molar-refractivity contribution in [1.29, 1.82) is 0 Å². The van der Waals surface area contributed by atoms with Gasteiger partial charge in [0.2, 0.25) is 0 Å². The van der Waals surface area contributed by atoms with E-state index in [0.717, 1.165) is 32.7 Å². The van der Waals surface area contributed by atoms with Gasteiger partial charge in [-0.1, -0.05) is 41.4 Å². The average molecular weight is 393 g/mol. The average Bonchev–Trinajstić information content (AvgIpc) is 2.66. The Balaban J connectivity index is 1.38. The summed E-state index contributed by atoms with van der Waals surface area (Å²) in [5.74, 6) is 0. The predicted molar refractivity (Wildman–Crippen MR) is 109 cm³/mol. The summed E-state index contributed by atoms with van der Waals surface area (Å²) < 4.78 is 0. The van der Waals surface area contributed by atoms with Crippen LogP contribution < -0.4 is 15.5 Å². The van der Waals surface area contributed by atoms with Crippen molar-refractivity contribution in [3.63, 3.8) is 0 Å². The van der Waals surface area contributed by atoms with Crippen LogP contribution in [0.3, 0.4) is 0 Å². The van der Waals surface area contributed by atoms with Crippen molar-refractivity contribution in [3.8, 4) is 0 Å². The quantitative estimate of drug-likeness (QED) is 0.809. The standard InChI is InChI=1S/C19H22Cl2N4O/c20-15-6-7-17(21)18(14-15)23-19(26)22-8-9-24-10-12-25(13-11-24)16-4-2-1-3-5-16/h1-7,14H,8-13H2,(H2,22,23,26). The van der Waals surface area contributed by atoms with Gasteiger partial charge < -0.3 is 15.5 Å². The van der Waals surface area contributed by atoms with E-state index < -0.39 is 0 Å². The number of benzene rings is 2. The number of urea groups is 1. The van der Waals surface area contributed by atoms with Crippen LogP contribution in [0.4, 0.5) is 16.2 Å². The molecule has 2 amide bonds. The van der Waals surface area contributed by atoms with Gasteiger partial charge in [0.25, 0.3) is 0 Å². The largest absolute Gasteiger partial charge is 0.369 e. The van der Waals surface area contributed by atoms with Gasteiger partial charge in [-0.05, 0) is 30.3 Å². The third-order valence-electron chi connectivity index (χ3n) is 4.38. The van der Waals surface area contributed by atoms with Crippen LogP contribution in [0.25, 0.3) is 0 Å². The molecular weight excluding hydrogens is 371 g/mol. The van der Waals surface area contributed by atoms with Crippen LogP contribution in [0.1, 0.15) is 0 Å². The zero-order valence-corrected chi connectivity index (χ0v) is 15.9. The highest BCUT2D eigenvalue weighted by molar-refractivity contribution is 6.35. The fraction of sp³-hybridized carbons (Fsp3) is 0.316. The van der Waals surface area contributed by atoms with Crippen molar-refractivity contribution in [1.82, 2.24) is 10.2 Å². The molecule has 1 aliphatic heterocycles. The number of anilines is 2. The molecule has 1 saturated heterocycles. The fourth-order valence-corrected chi connectivity index (χ4v) is 3.29. The van der Waals surface area contributed by atoms with Gasteiger partial charge in [-0.25, -0.2) is 4.79 Å². The van der Waals surface area contributed by atoms with Crippen molar-refractivity contribution < 1.29 is 4.79 Å². The maximum Gasteiger partial charge on any atom is 0.319 e. The van der Waals surface area contributed by atoms with Crippen molar-refractivity contribution in [3.05, 3.63) is 58.6 Å².